The van der Waals surface area contributed by atoms with E-state index in [1.54, 1.807) is 4.90 Å². The molecule has 1 aromatic rings. The zero-order valence-corrected chi connectivity index (χ0v) is 11.4. The minimum atomic E-state index is -0.245. The number of halogens is 1. The van der Waals surface area contributed by atoms with Crippen LogP contribution in [0.4, 0.5) is 10.5 Å². The van der Waals surface area contributed by atoms with Crippen molar-refractivity contribution in [1.82, 2.24) is 5.32 Å². The number of carbonyl (C=O) groups excluding carboxylic acids is 1. The molecule has 1 unspecified atom stereocenters. The van der Waals surface area contributed by atoms with Gasteiger partial charge in [-0.2, -0.15) is 0 Å². The largest absolute Gasteiger partial charge is 0.447 e. The Kier molecular flexibility index (Phi) is 3.62. The van der Waals surface area contributed by atoms with E-state index in [1.807, 2.05) is 24.3 Å². The summed E-state index contributed by atoms with van der Waals surface area (Å²) in [5.74, 6) is 0.503. The normalized spacial score (nSPS) is 24.6. The summed E-state index contributed by atoms with van der Waals surface area (Å²) in [5, 5.41) is 4.03. The lowest BCUT2D eigenvalue weighted by atomic mass is 9.90. The van der Waals surface area contributed by atoms with Crippen molar-refractivity contribution in [3.8, 4) is 0 Å². The number of anilines is 1. The summed E-state index contributed by atoms with van der Waals surface area (Å²) in [6.45, 7) is 2.53. The molecule has 0 aliphatic carbocycles. The molecule has 2 aliphatic rings. The first-order valence-corrected chi connectivity index (χ1v) is 7.06. The molecule has 1 N–H and O–H groups in total. The average molecular weight is 281 g/mol. The summed E-state index contributed by atoms with van der Waals surface area (Å²) in [6, 6.07) is 7.52. The van der Waals surface area contributed by atoms with E-state index >= 15 is 0 Å². The fraction of sp³-hybridized carbons (Fsp3) is 0.500. The van der Waals surface area contributed by atoms with Gasteiger partial charge in [-0.05, 0) is 56.1 Å². The molecule has 2 aliphatic heterocycles. The minimum absolute atomic E-state index is 0.149. The third-order valence-electron chi connectivity index (χ3n) is 3.94. The van der Waals surface area contributed by atoms with E-state index in [0.717, 1.165) is 31.6 Å². The second-order valence-electron chi connectivity index (χ2n) is 5.08. The van der Waals surface area contributed by atoms with Gasteiger partial charge in [0.05, 0.1) is 6.04 Å². The van der Waals surface area contributed by atoms with E-state index in [9.17, 15) is 4.79 Å². The van der Waals surface area contributed by atoms with Gasteiger partial charge in [-0.25, -0.2) is 4.79 Å². The molecule has 1 amide bonds. The molecule has 0 spiro atoms. The van der Waals surface area contributed by atoms with E-state index < -0.39 is 0 Å². The Morgan fingerprint density at radius 2 is 1.89 bits per heavy atom. The Morgan fingerprint density at radius 1 is 1.21 bits per heavy atom. The van der Waals surface area contributed by atoms with E-state index in [2.05, 4.69) is 5.32 Å². The monoisotopic (exact) mass is 280 g/mol. The number of carbonyl (C=O) groups is 1. The van der Waals surface area contributed by atoms with Crippen LogP contribution in [0.5, 0.6) is 0 Å². The summed E-state index contributed by atoms with van der Waals surface area (Å²) < 4.78 is 5.25. The molecule has 102 valence electrons. The lowest BCUT2D eigenvalue weighted by Crippen LogP contribution is -2.43. The van der Waals surface area contributed by atoms with Gasteiger partial charge in [0.25, 0.3) is 0 Å². The highest BCUT2D eigenvalue weighted by Crippen LogP contribution is 2.31. The van der Waals surface area contributed by atoms with Crippen molar-refractivity contribution in [2.45, 2.75) is 18.9 Å². The van der Waals surface area contributed by atoms with Crippen molar-refractivity contribution < 1.29 is 9.53 Å². The molecule has 5 heteroatoms. The summed E-state index contributed by atoms with van der Waals surface area (Å²) in [5.41, 5.74) is 0.871. The average Bonchev–Trinajstić information content (AvgIpc) is 2.83. The fourth-order valence-electron chi connectivity index (χ4n) is 2.91. The quantitative estimate of drug-likeness (QED) is 0.906. The highest BCUT2D eigenvalue weighted by atomic mass is 35.5. The van der Waals surface area contributed by atoms with Gasteiger partial charge in [-0.3, -0.25) is 4.90 Å². The predicted molar refractivity (Wildman–Crippen MR) is 74.7 cm³/mol. The Morgan fingerprint density at radius 3 is 2.58 bits per heavy atom. The molecule has 19 heavy (non-hydrogen) atoms. The summed E-state index contributed by atoms with van der Waals surface area (Å²) in [7, 11) is 0. The number of cyclic esters (lactones) is 1. The second kappa shape index (κ2) is 5.39. The van der Waals surface area contributed by atoms with E-state index in [4.69, 9.17) is 16.3 Å². The molecule has 2 saturated heterocycles. The van der Waals surface area contributed by atoms with E-state index in [-0.39, 0.29) is 12.1 Å². The van der Waals surface area contributed by atoms with E-state index in [0.29, 0.717) is 17.5 Å². The van der Waals surface area contributed by atoms with Gasteiger partial charge in [0.2, 0.25) is 0 Å². The molecule has 4 nitrogen and oxygen atoms in total. The van der Waals surface area contributed by atoms with Crippen LogP contribution in [-0.4, -0.2) is 31.8 Å². The minimum Gasteiger partial charge on any atom is -0.447 e. The molecule has 2 fully saturated rings. The van der Waals surface area contributed by atoms with Crippen LogP contribution in [0.2, 0.25) is 5.02 Å². The van der Waals surface area contributed by atoms with Crippen LogP contribution in [0.25, 0.3) is 0 Å². The van der Waals surface area contributed by atoms with Gasteiger partial charge < -0.3 is 10.1 Å². The molecular formula is C14H17ClN2O2. The van der Waals surface area contributed by atoms with Gasteiger partial charge in [0.1, 0.15) is 6.61 Å². The van der Waals surface area contributed by atoms with Crippen molar-refractivity contribution in [2.24, 2.45) is 5.92 Å². The molecule has 0 radical (unpaired) electrons. The molecule has 1 atom stereocenters. The smallest absolute Gasteiger partial charge is 0.414 e. The lowest BCUT2D eigenvalue weighted by Gasteiger charge is -2.31. The van der Waals surface area contributed by atoms with Crippen LogP contribution in [0.15, 0.2) is 24.3 Å². The second-order valence-corrected chi connectivity index (χ2v) is 5.51. The maximum atomic E-state index is 12.0. The molecule has 0 saturated carbocycles. The maximum absolute atomic E-state index is 12.0. The van der Waals surface area contributed by atoms with Gasteiger partial charge in [-0.15, -0.1) is 0 Å². The predicted octanol–water partition coefficient (Wildman–Crippen LogP) is 2.66. The molecular weight excluding hydrogens is 264 g/mol. The summed E-state index contributed by atoms with van der Waals surface area (Å²) in [4.78, 5) is 13.8. The number of nitrogens with zero attached hydrogens (tertiary/aromatic N) is 1. The number of hydrogen-bond donors (Lipinski definition) is 1. The van der Waals surface area contributed by atoms with Crippen LogP contribution in [0, 0.1) is 5.92 Å². The number of rotatable bonds is 2. The molecule has 0 aromatic heterocycles. The number of hydrogen-bond acceptors (Lipinski definition) is 3. The third-order valence-corrected chi connectivity index (χ3v) is 4.19. The number of piperidine rings is 1. The first-order chi connectivity index (χ1) is 9.25. The first-order valence-electron chi connectivity index (χ1n) is 6.68. The van der Waals surface area contributed by atoms with Crippen molar-refractivity contribution in [1.29, 1.82) is 0 Å². The highest BCUT2D eigenvalue weighted by molar-refractivity contribution is 6.30. The van der Waals surface area contributed by atoms with Gasteiger partial charge >= 0.3 is 6.09 Å². The van der Waals surface area contributed by atoms with Crippen LogP contribution in [0.3, 0.4) is 0 Å². The molecule has 2 heterocycles. The summed E-state index contributed by atoms with van der Waals surface area (Å²) in [6.07, 6.45) is 1.93. The first kappa shape index (κ1) is 12.8. The molecule has 3 rings (SSSR count). The Bertz CT molecular complexity index is 457. The fourth-order valence-corrected chi connectivity index (χ4v) is 3.04. The number of nitrogens with one attached hydrogen (secondary N) is 1. The number of amides is 1. The van der Waals surface area contributed by atoms with Crippen molar-refractivity contribution >= 4 is 23.4 Å². The Balaban J connectivity index is 1.83. The Hall–Kier alpha value is -1.26. The number of benzene rings is 1. The van der Waals surface area contributed by atoms with Crippen LogP contribution >= 0.6 is 11.6 Å². The van der Waals surface area contributed by atoms with Crippen molar-refractivity contribution in [2.75, 3.05) is 24.6 Å². The third kappa shape index (κ3) is 2.55. The SMILES string of the molecule is O=C1OCC(C2CCNCC2)N1c1ccc(Cl)cc1. The lowest BCUT2D eigenvalue weighted by molar-refractivity contribution is 0.174. The molecule has 0 bridgehead atoms. The zero-order valence-electron chi connectivity index (χ0n) is 10.6. The van der Waals surface area contributed by atoms with Gasteiger partial charge in [0, 0.05) is 10.7 Å². The zero-order chi connectivity index (χ0) is 13.2. The number of ether oxygens (including phenoxy) is 1. The maximum Gasteiger partial charge on any atom is 0.414 e. The van der Waals surface area contributed by atoms with Gasteiger partial charge in [-0.1, -0.05) is 11.6 Å². The van der Waals surface area contributed by atoms with Crippen LogP contribution < -0.4 is 10.2 Å². The standard InChI is InChI=1S/C14H17ClN2O2/c15-11-1-3-12(4-2-11)17-13(9-19-14(17)18)10-5-7-16-8-6-10/h1-4,10,13,16H,5-9H2. The highest BCUT2D eigenvalue weighted by Gasteiger charge is 2.39. The Labute approximate surface area is 117 Å². The van der Waals surface area contributed by atoms with Crippen molar-refractivity contribution in [3.63, 3.8) is 0 Å². The summed E-state index contributed by atoms with van der Waals surface area (Å²) >= 11 is 5.90. The molecule has 1 aromatic carbocycles. The topological polar surface area (TPSA) is 41.6 Å². The van der Waals surface area contributed by atoms with Crippen molar-refractivity contribution in [3.05, 3.63) is 29.3 Å². The van der Waals surface area contributed by atoms with Gasteiger partial charge in [0.15, 0.2) is 0 Å². The van der Waals surface area contributed by atoms with Crippen LogP contribution in [-0.2, 0) is 4.74 Å². The van der Waals surface area contributed by atoms with Crippen LogP contribution in [0.1, 0.15) is 12.8 Å². The van der Waals surface area contributed by atoms with E-state index in [1.165, 1.54) is 0 Å².